The van der Waals surface area contributed by atoms with E-state index >= 15 is 0 Å². The van der Waals surface area contributed by atoms with Crippen LogP contribution in [-0.4, -0.2) is 11.2 Å². The number of rotatable bonds is 0. The van der Waals surface area contributed by atoms with Gasteiger partial charge in [0, 0.05) is 0 Å². The van der Waals surface area contributed by atoms with Crippen LogP contribution in [0, 0.1) is 6.42 Å². The van der Waals surface area contributed by atoms with Gasteiger partial charge in [0.25, 0.3) is 0 Å². The molecule has 0 spiro atoms. The first-order valence-electron chi connectivity index (χ1n) is 1.87. The second kappa shape index (κ2) is 15.7. The van der Waals surface area contributed by atoms with E-state index in [4.69, 9.17) is 9.90 Å². The van der Waals surface area contributed by atoms with E-state index in [0.29, 0.717) is 0 Å². The molecule has 0 fully saturated rings. The Morgan fingerprint density at radius 3 is 1.62 bits per heavy atom. The summed E-state index contributed by atoms with van der Waals surface area (Å²) in [6, 6.07) is 0. The summed E-state index contributed by atoms with van der Waals surface area (Å²) in [5, 5.41) is 7.19. The number of primary amides is 1. The van der Waals surface area contributed by atoms with Crippen molar-refractivity contribution in [3.05, 3.63) is 6.42 Å². The zero-order valence-corrected chi connectivity index (χ0v) is 7.51. The van der Waals surface area contributed by atoms with Gasteiger partial charge in [0.15, 0.2) is 0 Å². The number of carbonyl (C=O) groups is 1. The van der Waals surface area contributed by atoms with Crippen molar-refractivity contribution in [2.75, 3.05) is 0 Å². The topological polar surface area (TPSA) is 63.3 Å². The summed E-state index contributed by atoms with van der Waals surface area (Å²) < 4.78 is 0. The Morgan fingerprint density at radius 1 is 1.62 bits per heavy atom. The van der Waals surface area contributed by atoms with Crippen LogP contribution in [0.4, 0.5) is 4.79 Å². The molecule has 0 heterocycles. The molecule has 44 valence electrons. The first kappa shape index (κ1) is 15.7. The summed E-state index contributed by atoms with van der Waals surface area (Å²) in [4.78, 5) is 8.78. The van der Waals surface area contributed by atoms with Gasteiger partial charge in [-0.05, 0) is 0 Å². The standard InChI is InChI=1S/C3H7.CH3NO2.Na/c1-3-2;2-1(3)4;/h3H,1-2H3;2H2,(H,3,4);/q-1;;+1. The van der Waals surface area contributed by atoms with Crippen molar-refractivity contribution < 1.29 is 39.5 Å². The van der Waals surface area contributed by atoms with Crippen LogP contribution in [-0.2, 0) is 0 Å². The van der Waals surface area contributed by atoms with Crippen molar-refractivity contribution >= 4 is 6.09 Å². The molecule has 0 aliphatic heterocycles. The van der Waals surface area contributed by atoms with Crippen molar-refractivity contribution in [2.24, 2.45) is 5.73 Å². The minimum absolute atomic E-state index is 0. The maximum atomic E-state index is 8.78. The fourth-order valence-electron chi connectivity index (χ4n) is 0. The van der Waals surface area contributed by atoms with Crippen molar-refractivity contribution in [1.29, 1.82) is 0 Å². The smallest absolute Gasteiger partial charge is 0.465 e. The van der Waals surface area contributed by atoms with Crippen LogP contribution in [0.5, 0.6) is 0 Å². The van der Waals surface area contributed by atoms with Crippen LogP contribution in [0.25, 0.3) is 0 Å². The quantitative estimate of drug-likeness (QED) is 0.288. The van der Waals surface area contributed by atoms with E-state index in [1.165, 1.54) is 0 Å². The molecule has 4 heteroatoms. The SMILES string of the molecule is C[CH-]C.NC(=O)O.[Na+]. The summed E-state index contributed by atoms with van der Waals surface area (Å²) in [6.07, 6.45) is 0.667. The molecule has 0 radical (unpaired) electrons. The molecule has 8 heavy (non-hydrogen) atoms. The molecule has 0 aliphatic rings. The average Bonchev–Trinajstić information content (AvgIpc) is 1.33. The van der Waals surface area contributed by atoms with E-state index in [1.807, 2.05) is 20.3 Å². The summed E-state index contributed by atoms with van der Waals surface area (Å²) in [6.45, 7) is 4.00. The Kier molecular flexibility index (Phi) is 30.8. The normalized spacial score (nSPS) is 5.25. The second-order valence-electron chi connectivity index (χ2n) is 0.916. The minimum atomic E-state index is -1.33. The predicted octanol–water partition coefficient (Wildman–Crippen LogP) is -2.14. The minimum Gasteiger partial charge on any atom is -0.465 e. The molecule has 3 nitrogen and oxygen atoms in total. The Hall–Kier alpha value is 0.270. The number of nitrogens with two attached hydrogens (primary N) is 1. The number of amides is 1. The van der Waals surface area contributed by atoms with Crippen molar-refractivity contribution in [1.82, 2.24) is 0 Å². The average molecular weight is 127 g/mol. The molecule has 0 aromatic rings. The Morgan fingerprint density at radius 2 is 1.62 bits per heavy atom. The van der Waals surface area contributed by atoms with Gasteiger partial charge in [-0.3, -0.25) is 0 Å². The molecule has 0 rings (SSSR count). The number of carboxylic acid groups (broad SMARTS) is 1. The third-order valence-electron chi connectivity index (χ3n) is 0. The van der Waals surface area contributed by atoms with Gasteiger partial charge in [0.2, 0.25) is 0 Å². The van der Waals surface area contributed by atoms with Gasteiger partial charge in [0.1, 0.15) is 0 Å². The molecular formula is C4H10NNaO2. The molecule has 3 N–H and O–H groups in total. The molecule has 0 bridgehead atoms. The zero-order valence-electron chi connectivity index (χ0n) is 5.51. The first-order valence-corrected chi connectivity index (χ1v) is 1.87. The fraction of sp³-hybridized carbons (Fsp3) is 0.500. The van der Waals surface area contributed by atoms with Gasteiger partial charge in [0.05, 0.1) is 0 Å². The zero-order chi connectivity index (χ0) is 6.28. The van der Waals surface area contributed by atoms with E-state index in [-0.39, 0.29) is 29.6 Å². The fourth-order valence-corrected chi connectivity index (χ4v) is 0. The van der Waals surface area contributed by atoms with Crippen LogP contribution in [0.1, 0.15) is 13.8 Å². The number of hydrogen-bond donors (Lipinski definition) is 2. The molecule has 0 unspecified atom stereocenters. The van der Waals surface area contributed by atoms with Crippen molar-refractivity contribution in [3.8, 4) is 0 Å². The first-order chi connectivity index (χ1) is 3.15. The van der Waals surface area contributed by atoms with E-state index in [2.05, 4.69) is 5.73 Å². The molecule has 0 aromatic carbocycles. The molecule has 0 aliphatic carbocycles. The number of hydrogen-bond acceptors (Lipinski definition) is 1. The van der Waals surface area contributed by atoms with Crippen molar-refractivity contribution in [2.45, 2.75) is 13.8 Å². The molecule has 0 saturated carbocycles. The molecular weight excluding hydrogens is 117 g/mol. The van der Waals surface area contributed by atoms with Crippen LogP contribution in [0.2, 0.25) is 0 Å². The van der Waals surface area contributed by atoms with E-state index in [9.17, 15) is 0 Å². The van der Waals surface area contributed by atoms with Gasteiger partial charge in [-0.1, -0.05) is 0 Å². The second-order valence-corrected chi connectivity index (χ2v) is 0.916. The van der Waals surface area contributed by atoms with E-state index < -0.39 is 6.09 Å². The monoisotopic (exact) mass is 127 g/mol. The largest absolute Gasteiger partial charge is 1.00 e. The summed E-state index contributed by atoms with van der Waals surface area (Å²) in [7, 11) is 0. The molecule has 1 amide bonds. The summed E-state index contributed by atoms with van der Waals surface area (Å²) in [5.74, 6) is 0. The Balaban J connectivity index is -0.0000000575. The van der Waals surface area contributed by atoms with Gasteiger partial charge in [-0.2, -0.15) is 13.8 Å². The maximum Gasteiger partial charge on any atom is 1.00 e. The van der Waals surface area contributed by atoms with E-state index in [1.54, 1.807) is 0 Å². The molecule has 0 aromatic heterocycles. The maximum absolute atomic E-state index is 8.78. The Labute approximate surface area is 71.5 Å². The van der Waals surface area contributed by atoms with Crippen LogP contribution >= 0.6 is 0 Å². The van der Waals surface area contributed by atoms with Crippen LogP contribution < -0.4 is 35.3 Å². The third kappa shape index (κ3) is 2390. The Bertz CT molecular complexity index is 45.3. The van der Waals surface area contributed by atoms with E-state index in [0.717, 1.165) is 0 Å². The predicted molar refractivity (Wildman–Crippen MR) is 27.9 cm³/mol. The van der Waals surface area contributed by atoms with Gasteiger partial charge < -0.3 is 17.3 Å². The molecule has 0 atom stereocenters. The summed E-state index contributed by atoms with van der Waals surface area (Å²) >= 11 is 0. The van der Waals surface area contributed by atoms with Gasteiger partial charge >= 0.3 is 35.7 Å². The molecule has 0 saturated heterocycles. The van der Waals surface area contributed by atoms with Crippen LogP contribution in [0.15, 0.2) is 0 Å². The van der Waals surface area contributed by atoms with Crippen LogP contribution in [0.3, 0.4) is 0 Å². The third-order valence-corrected chi connectivity index (χ3v) is 0. The summed E-state index contributed by atoms with van der Waals surface area (Å²) in [5.41, 5.74) is 4.03. The van der Waals surface area contributed by atoms with Gasteiger partial charge in [-0.15, -0.1) is 0 Å². The van der Waals surface area contributed by atoms with Crippen molar-refractivity contribution in [3.63, 3.8) is 0 Å². The van der Waals surface area contributed by atoms with Gasteiger partial charge in [-0.25, -0.2) is 4.79 Å².